The van der Waals surface area contributed by atoms with E-state index in [4.69, 9.17) is 4.42 Å². The van der Waals surface area contributed by atoms with Crippen molar-refractivity contribution in [3.8, 4) is 0 Å². The fourth-order valence-electron chi connectivity index (χ4n) is 3.76. The average Bonchev–Trinajstić information content (AvgIpc) is 3.36. The highest BCUT2D eigenvalue weighted by Gasteiger charge is 2.22. The third-order valence-corrected chi connectivity index (χ3v) is 5.29. The first-order valence-electron chi connectivity index (χ1n) is 9.85. The molecule has 0 radical (unpaired) electrons. The van der Waals surface area contributed by atoms with Gasteiger partial charge in [0.1, 0.15) is 6.54 Å². The zero-order chi connectivity index (χ0) is 20.2. The first kappa shape index (κ1) is 19.0. The number of oxazole rings is 1. The minimum Gasteiger partial charge on any atom is -0.408 e. The fraction of sp³-hybridized carbons (Fsp3) is 0.318. The van der Waals surface area contributed by atoms with Crippen LogP contribution < -0.4 is 16.4 Å². The molecule has 1 saturated carbocycles. The predicted molar refractivity (Wildman–Crippen MR) is 109 cm³/mol. The predicted octanol–water partition coefficient (Wildman–Crippen LogP) is 3.04. The number of aromatic nitrogens is 1. The number of anilines is 1. The van der Waals surface area contributed by atoms with Gasteiger partial charge in [0.2, 0.25) is 11.8 Å². The Kier molecular flexibility index (Phi) is 5.46. The Morgan fingerprint density at radius 2 is 1.86 bits per heavy atom. The van der Waals surface area contributed by atoms with Gasteiger partial charge in [-0.05, 0) is 42.7 Å². The number of rotatable bonds is 6. The van der Waals surface area contributed by atoms with Crippen LogP contribution in [0.25, 0.3) is 11.1 Å². The van der Waals surface area contributed by atoms with Gasteiger partial charge in [-0.1, -0.05) is 37.1 Å². The van der Waals surface area contributed by atoms with E-state index in [1.807, 2.05) is 24.3 Å². The van der Waals surface area contributed by atoms with Crippen molar-refractivity contribution in [2.75, 3.05) is 5.32 Å². The number of amides is 2. The topological polar surface area (TPSA) is 93.3 Å². The smallest absolute Gasteiger partial charge is 0.408 e. The van der Waals surface area contributed by atoms with Crippen LogP contribution in [0.4, 0.5) is 5.69 Å². The van der Waals surface area contributed by atoms with Crippen molar-refractivity contribution in [3.63, 3.8) is 0 Å². The van der Waals surface area contributed by atoms with E-state index >= 15 is 0 Å². The van der Waals surface area contributed by atoms with Crippen LogP contribution in [0.5, 0.6) is 0 Å². The van der Waals surface area contributed by atoms with Crippen LogP contribution in [-0.2, 0) is 22.7 Å². The number of carbonyl (C=O) groups excluding carboxylic acids is 2. The number of fused-ring (bicyclic) bond motifs is 1. The van der Waals surface area contributed by atoms with E-state index in [9.17, 15) is 14.4 Å². The van der Waals surface area contributed by atoms with Gasteiger partial charge in [0.05, 0.1) is 5.52 Å². The second kappa shape index (κ2) is 8.34. The summed E-state index contributed by atoms with van der Waals surface area (Å²) in [7, 11) is 0. The molecule has 3 aromatic rings. The van der Waals surface area contributed by atoms with E-state index in [2.05, 4.69) is 10.6 Å². The van der Waals surface area contributed by atoms with Crippen molar-refractivity contribution in [3.05, 3.63) is 64.6 Å². The average molecular weight is 393 g/mol. The summed E-state index contributed by atoms with van der Waals surface area (Å²) in [5.74, 6) is -0.687. The summed E-state index contributed by atoms with van der Waals surface area (Å²) in [5, 5.41) is 5.78. The summed E-state index contributed by atoms with van der Waals surface area (Å²) >= 11 is 0. The van der Waals surface area contributed by atoms with Crippen molar-refractivity contribution < 1.29 is 14.0 Å². The van der Waals surface area contributed by atoms with E-state index in [0.717, 1.165) is 36.9 Å². The van der Waals surface area contributed by atoms with Gasteiger partial charge in [0.15, 0.2) is 5.58 Å². The molecule has 1 aliphatic carbocycles. The number of benzene rings is 2. The molecule has 29 heavy (non-hydrogen) atoms. The molecule has 0 atom stereocenters. The van der Waals surface area contributed by atoms with Crippen LogP contribution in [0.3, 0.4) is 0 Å². The summed E-state index contributed by atoms with van der Waals surface area (Å²) in [4.78, 5) is 36.6. The summed E-state index contributed by atoms with van der Waals surface area (Å²) in [6, 6.07) is 14.4. The molecule has 0 bridgehead atoms. The van der Waals surface area contributed by atoms with Gasteiger partial charge in [-0.15, -0.1) is 0 Å². The molecule has 0 aliphatic heterocycles. The molecule has 2 N–H and O–H groups in total. The maximum absolute atomic E-state index is 12.3. The second-order valence-electron chi connectivity index (χ2n) is 7.37. The van der Waals surface area contributed by atoms with Crippen molar-refractivity contribution in [1.82, 2.24) is 9.88 Å². The van der Waals surface area contributed by atoms with Gasteiger partial charge in [0.25, 0.3) is 0 Å². The highest BCUT2D eigenvalue weighted by atomic mass is 16.4. The molecule has 4 rings (SSSR count). The molecule has 1 heterocycles. The SMILES string of the molecule is O=C(Cn1c(=O)oc2ccccc21)NCc1cccc(NC(=O)C2CCCC2)c1. The van der Waals surface area contributed by atoms with Gasteiger partial charge in [-0.3, -0.25) is 14.2 Å². The van der Waals surface area contributed by atoms with Crippen molar-refractivity contribution in [1.29, 1.82) is 0 Å². The first-order chi connectivity index (χ1) is 14.1. The van der Waals surface area contributed by atoms with E-state index in [1.54, 1.807) is 24.3 Å². The highest BCUT2D eigenvalue weighted by molar-refractivity contribution is 5.92. The summed E-state index contributed by atoms with van der Waals surface area (Å²) < 4.78 is 6.45. The maximum Gasteiger partial charge on any atom is 0.420 e. The maximum atomic E-state index is 12.3. The van der Waals surface area contributed by atoms with Gasteiger partial charge in [-0.2, -0.15) is 0 Å². The summed E-state index contributed by atoms with van der Waals surface area (Å²) in [5.41, 5.74) is 2.64. The van der Waals surface area contributed by atoms with E-state index in [1.165, 1.54) is 4.57 Å². The van der Waals surface area contributed by atoms with Crippen LogP contribution in [0.15, 0.2) is 57.7 Å². The molecule has 1 aromatic heterocycles. The molecule has 1 aliphatic rings. The van der Waals surface area contributed by atoms with Crippen LogP contribution in [0.2, 0.25) is 0 Å². The molecule has 0 saturated heterocycles. The molecule has 2 amide bonds. The van der Waals surface area contributed by atoms with E-state index in [0.29, 0.717) is 17.6 Å². The number of nitrogens with zero attached hydrogens (tertiary/aromatic N) is 1. The number of hydrogen-bond acceptors (Lipinski definition) is 4. The first-order valence-corrected chi connectivity index (χ1v) is 9.85. The van der Waals surface area contributed by atoms with Crippen LogP contribution >= 0.6 is 0 Å². The Bertz CT molecular complexity index is 1090. The number of carbonyl (C=O) groups is 2. The third-order valence-electron chi connectivity index (χ3n) is 5.29. The van der Waals surface area contributed by atoms with Crippen LogP contribution in [-0.4, -0.2) is 16.4 Å². The Morgan fingerprint density at radius 1 is 1.07 bits per heavy atom. The lowest BCUT2D eigenvalue weighted by Gasteiger charge is -2.12. The van der Waals surface area contributed by atoms with E-state index in [-0.39, 0.29) is 24.3 Å². The molecular weight excluding hydrogens is 370 g/mol. The summed E-state index contributed by atoms with van der Waals surface area (Å²) in [6.45, 7) is 0.185. The molecule has 7 heteroatoms. The lowest BCUT2D eigenvalue weighted by Crippen LogP contribution is -2.30. The standard InChI is InChI=1S/C22H23N3O4/c26-20(14-25-18-10-3-4-11-19(18)29-22(25)28)23-13-15-6-5-9-17(12-15)24-21(27)16-7-1-2-8-16/h3-6,9-12,16H,1-2,7-8,13-14H2,(H,23,26)(H,24,27). The zero-order valence-corrected chi connectivity index (χ0v) is 16.0. The largest absolute Gasteiger partial charge is 0.420 e. The molecule has 0 unspecified atom stereocenters. The quantitative estimate of drug-likeness (QED) is 0.673. The van der Waals surface area contributed by atoms with Gasteiger partial charge in [0, 0.05) is 18.2 Å². The Morgan fingerprint density at radius 3 is 2.69 bits per heavy atom. The third kappa shape index (κ3) is 4.39. The molecule has 7 nitrogen and oxygen atoms in total. The highest BCUT2D eigenvalue weighted by Crippen LogP contribution is 2.26. The monoisotopic (exact) mass is 393 g/mol. The Balaban J connectivity index is 1.36. The van der Waals surface area contributed by atoms with Crippen LogP contribution in [0, 0.1) is 5.92 Å². The summed E-state index contributed by atoms with van der Waals surface area (Å²) in [6.07, 6.45) is 4.12. The van der Waals surface area contributed by atoms with Crippen molar-refractivity contribution >= 4 is 28.6 Å². The molecule has 0 spiro atoms. The molecule has 1 fully saturated rings. The normalized spacial score (nSPS) is 14.2. The number of para-hydroxylation sites is 2. The van der Waals surface area contributed by atoms with Gasteiger partial charge in [-0.25, -0.2) is 4.79 Å². The lowest BCUT2D eigenvalue weighted by atomic mass is 10.1. The number of nitrogens with one attached hydrogen (secondary N) is 2. The van der Waals surface area contributed by atoms with Gasteiger partial charge >= 0.3 is 5.76 Å². The fourth-order valence-corrected chi connectivity index (χ4v) is 3.76. The van der Waals surface area contributed by atoms with Gasteiger partial charge < -0.3 is 15.1 Å². The Labute approximate surface area is 167 Å². The van der Waals surface area contributed by atoms with E-state index < -0.39 is 5.76 Å². The minimum absolute atomic E-state index is 0.0647. The molecular formula is C22H23N3O4. The molecule has 150 valence electrons. The zero-order valence-electron chi connectivity index (χ0n) is 16.0. The molecule has 2 aromatic carbocycles. The minimum atomic E-state index is -0.557. The Hall–Kier alpha value is -3.35. The number of hydrogen-bond donors (Lipinski definition) is 2. The second-order valence-corrected chi connectivity index (χ2v) is 7.37. The van der Waals surface area contributed by atoms with Crippen molar-refractivity contribution in [2.24, 2.45) is 5.92 Å². The van der Waals surface area contributed by atoms with Crippen LogP contribution in [0.1, 0.15) is 31.2 Å². The van der Waals surface area contributed by atoms with Crippen molar-refractivity contribution in [2.45, 2.75) is 38.8 Å². The lowest BCUT2D eigenvalue weighted by molar-refractivity contribution is -0.122.